The van der Waals surface area contributed by atoms with Gasteiger partial charge in [0.1, 0.15) is 0 Å². The molecule has 0 bridgehead atoms. The molecule has 0 radical (unpaired) electrons. The molecule has 0 N–H and O–H groups in total. The molecule has 0 aromatic carbocycles. The highest BCUT2D eigenvalue weighted by molar-refractivity contribution is 9.10. The molecule has 2 saturated heterocycles. The van der Waals surface area contributed by atoms with E-state index in [-0.39, 0.29) is 0 Å². The molecule has 0 saturated carbocycles. The molecule has 118 valence electrons. The van der Waals surface area contributed by atoms with Crippen LogP contribution in [0, 0.1) is 0 Å². The van der Waals surface area contributed by atoms with Crippen LogP contribution < -0.4 is 0 Å². The van der Waals surface area contributed by atoms with Crippen LogP contribution >= 0.6 is 15.9 Å². The molecule has 5 heteroatoms. The zero-order valence-corrected chi connectivity index (χ0v) is 15.1. The van der Waals surface area contributed by atoms with Crippen LogP contribution in [0.4, 0.5) is 0 Å². The third-order valence-electron chi connectivity index (χ3n) is 5.11. The van der Waals surface area contributed by atoms with Gasteiger partial charge in [0, 0.05) is 38.3 Å². The Kier molecular flexibility index (Phi) is 4.71. The van der Waals surface area contributed by atoms with Gasteiger partial charge < -0.3 is 0 Å². The number of nitrogens with zero attached hydrogens (tertiary/aromatic N) is 4. The summed E-state index contributed by atoms with van der Waals surface area (Å²) >= 11 is 3.79. The van der Waals surface area contributed by atoms with Crippen molar-refractivity contribution in [2.24, 2.45) is 0 Å². The minimum atomic E-state index is 0.636. The molecule has 4 nitrogen and oxygen atoms in total. The molecule has 0 spiro atoms. The normalized spacial score (nSPS) is 27.2. The standard InChI is InChI=1S/C16H27BrN4/c1-4-14-16(17)15(21(5-2)18-14)11-20-10-13-7-6-8-19(13)9-12(20)3/h12-13H,4-11H2,1-3H3. The molecule has 2 fully saturated rings. The van der Waals surface area contributed by atoms with E-state index in [9.17, 15) is 0 Å². The molecule has 1 aromatic heterocycles. The van der Waals surface area contributed by atoms with Gasteiger partial charge in [0.15, 0.2) is 0 Å². The van der Waals surface area contributed by atoms with Crippen molar-refractivity contribution in [3.05, 3.63) is 15.9 Å². The lowest BCUT2D eigenvalue weighted by atomic mass is 10.1. The molecule has 2 aliphatic rings. The highest BCUT2D eigenvalue weighted by Crippen LogP contribution is 2.28. The molecule has 1 aromatic rings. The molecule has 3 rings (SSSR count). The van der Waals surface area contributed by atoms with Crippen molar-refractivity contribution in [1.82, 2.24) is 19.6 Å². The summed E-state index contributed by atoms with van der Waals surface area (Å²) in [5.74, 6) is 0. The third-order valence-corrected chi connectivity index (χ3v) is 6.03. The number of hydrogen-bond acceptors (Lipinski definition) is 3. The van der Waals surface area contributed by atoms with Crippen LogP contribution in [0.25, 0.3) is 0 Å². The van der Waals surface area contributed by atoms with E-state index in [1.54, 1.807) is 0 Å². The third kappa shape index (κ3) is 2.92. The fourth-order valence-corrected chi connectivity index (χ4v) is 4.52. The number of piperazine rings is 1. The van der Waals surface area contributed by atoms with Crippen LogP contribution in [0.15, 0.2) is 4.47 Å². The first-order valence-electron chi connectivity index (χ1n) is 8.36. The first-order chi connectivity index (χ1) is 10.1. The molecule has 0 aliphatic carbocycles. The Morgan fingerprint density at radius 2 is 2.10 bits per heavy atom. The number of rotatable bonds is 4. The van der Waals surface area contributed by atoms with E-state index >= 15 is 0 Å². The Balaban J connectivity index is 1.78. The Labute approximate surface area is 136 Å². The Morgan fingerprint density at radius 1 is 1.29 bits per heavy atom. The van der Waals surface area contributed by atoms with Crippen molar-refractivity contribution < 1.29 is 0 Å². The fraction of sp³-hybridized carbons (Fsp3) is 0.812. The van der Waals surface area contributed by atoms with E-state index < -0.39 is 0 Å². The summed E-state index contributed by atoms with van der Waals surface area (Å²) in [6.45, 7) is 12.4. The molecule has 2 unspecified atom stereocenters. The van der Waals surface area contributed by atoms with Gasteiger partial charge in [-0.3, -0.25) is 14.5 Å². The van der Waals surface area contributed by atoms with Crippen LogP contribution in [0.3, 0.4) is 0 Å². The molecule has 2 aliphatic heterocycles. The summed E-state index contributed by atoms with van der Waals surface area (Å²) in [4.78, 5) is 5.34. The maximum Gasteiger partial charge on any atom is 0.0767 e. The van der Waals surface area contributed by atoms with Gasteiger partial charge in [-0.25, -0.2) is 0 Å². The fourth-order valence-electron chi connectivity index (χ4n) is 3.83. The van der Waals surface area contributed by atoms with Crippen LogP contribution in [-0.4, -0.2) is 51.3 Å². The Hall–Kier alpha value is -0.390. The highest BCUT2D eigenvalue weighted by Gasteiger charge is 2.35. The number of fused-ring (bicyclic) bond motifs is 1. The number of hydrogen-bond donors (Lipinski definition) is 0. The Bertz CT molecular complexity index is 499. The summed E-state index contributed by atoms with van der Waals surface area (Å²) in [5, 5.41) is 4.74. The second kappa shape index (κ2) is 6.39. The molecule has 2 atom stereocenters. The monoisotopic (exact) mass is 354 g/mol. The molecular formula is C16H27BrN4. The number of aromatic nitrogens is 2. The van der Waals surface area contributed by atoms with Crippen molar-refractivity contribution in [3.8, 4) is 0 Å². The van der Waals surface area contributed by atoms with Gasteiger partial charge in [-0.1, -0.05) is 6.92 Å². The number of halogens is 1. The van der Waals surface area contributed by atoms with Gasteiger partial charge in [0.25, 0.3) is 0 Å². The van der Waals surface area contributed by atoms with Crippen molar-refractivity contribution in [2.45, 2.75) is 65.2 Å². The zero-order chi connectivity index (χ0) is 15.0. The molecular weight excluding hydrogens is 328 g/mol. The van der Waals surface area contributed by atoms with Gasteiger partial charge in [0.2, 0.25) is 0 Å². The van der Waals surface area contributed by atoms with E-state index in [1.807, 2.05) is 0 Å². The summed E-state index contributed by atoms with van der Waals surface area (Å²) in [6, 6.07) is 1.42. The summed E-state index contributed by atoms with van der Waals surface area (Å²) in [6.07, 6.45) is 3.74. The van der Waals surface area contributed by atoms with Crippen molar-refractivity contribution in [1.29, 1.82) is 0 Å². The summed E-state index contributed by atoms with van der Waals surface area (Å²) in [5.41, 5.74) is 2.55. The van der Waals surface area contributed by atoms with E-state index in [0.717, 1.165) is 25.6 Å². The lowest BCUT2D eigenvalue weighted by Gasteiger charge is -2.42. The van der Waals surface area contributed by atoms with Gasteiger partial charge in [-0.2, -0.15) is 5.10 Å². The zero-order valence-electron chi connectivity index (χ0n) is 13.5. The van der Waals surface area contributed by atoms with E-state index in [0.29, 0.717) is 6.04 Å². The lowest BCUT2D eigenvalue weighted by Crippen LogP contribution is -2.54. The first-order valence-corrected chi connectivity index (χ1v) is 9.15. The summed E-state index contributed by atoms with van der Waals surface area (Å²) in [7, 11) is 0. The van der Waals surface area contributed by atoms with E-state index in [2.05, 4.69) is 51.2 Å². The van der Waals surface area contributed by atoms with Crippen LogP contribution in [0.2, 0.25) is 0 Å². The predicted molar refractivity (Wildman–Crippen MR) is 89.4 cm³/mol. The van der Waals surface area contributed by atoms with Crippen molar-refractivity contribution in [3.63, 3.8) is 0 Å². The van der Waals surface area contributed by atoms with Gasteiger partial charge >= 0.3 is 0 Å². The minimum absolute atomic E-state index is 0.636. The van der Waals surface area contributed by atoms with Crippen LogP contribution in [0.1, 0.15) is 45.0 Å². The van der Waals surface area contributed by atoms with E-state index in [1.165, 1.54) is 48.3 Å². The van der Waals surface area contributed by atoms with Crippen LogP contribution in [-0.2, 0) is 19.5 Å². The van der Waals surface area contributed by atoms with Crippen molar-refractivity contribution >= 4 is 15.9 Å². The topological polar surface area (TPSA) is 24.3 Å². The van der Waals surface area contributed by atoms with Crippen LogP contribution in [0.5, 0.6) is 0 Å². The lowest BCUT2D eigenvalue weighted by molar-refractivity contribution is 0.0520. The second-order valence-electron chi connectivity index (χ2n) is 6.45. The summed E-state index contributed by atoms with van der Waals surface area (Å²) < 4.78 is 3.41. The SMILES string of the molecule is CCc1nn(CC)c(CN2CC3CCCN3CC2C)c1Br. The maximum atomic E-state index is 4.74. The quantitative estimate of drug-likeness (QED) is 0.830. The smallest absolute Gasteiger partial charge is 0.0767 e. The largest absolute Gasteiger partial charge is 0.298 e. The molecule has 21 heavy (non-hydrogen) atoms. The average Bonchev–Trinajstić information content (AvgIpc) is 3.04. The predicted octanol–water partition coefficient (Wildman–Crippen LogP) is 2.90. The molecule has 3 heterocycles. The second-order valence-corrected chi connectivity index (χ2v) is 7.24. The minimum Gasteiger partial charge on any atom is -0.298 e. The maximum absolute atomic E-state index is 4.74. The highest BCUT2D eigenvalue weighted by atomic mass is 79.9. The van der Waals surface area contributed by atoms with Gasteiger partial charge in [0.05, 0.1) is 15.9 Å². The average molecular weight is 355 g/mol. The van der Waals surface area contributed by atoms with Gasteiger partial charge in [-0.05, 0) is 55.6 Å². The van der Waals surface area contributed by atoms with E-state index in [4.69, 9.17) is 5.10 Å². The Morgan fingerprint density at radius 3 is 2.81 bits per heavy atom. The number of aryl methyl sites for hydroxylation is 2. The first kappa shape index (κ1) is 15.5. The van der Waals surface area contributed by atoms with Gasteiger partial charge in [-0.15, -0.1) is 0 Å². The van der Waals surface area contributed by atoms with Crippen molar-refractivity contribution in [2.75, 3.05) is 19.6 Å². The molecule has 0 amide bonds.